The molecule has 0 fully saturated rings. The molecule has 0 unspecified atom stereocenters. The van der Waals surface area contributed by atoms with Crippen molar-refractivity contribution in [2.45, 2.75) is 18.7 Å². The van der Waals surface area contributed by atoms with Crippen LogP contribution in [-0.4, -0.2) is 28.4 Å². The van der Waals surface area contributed by atoms with Crippen molar-refractivity contribution in [3.63, 3.8) is 0 Å². The predicted octanol–water partition coefficient (Wildman–Crippen LogP) is 4.15. The molecule has 2 heterocycles. The molecule has 2 aromatic heterocycles. The number of anilines is 1. The lowest BCUT2D eigenvalue weighted by Crippen LogP contribution is -2.16. The summed E-state index contributed by atoms with van der Waals surface area (Å²) in [7, 11) is -4.45. The third-order valence-electron chi connectivity index (χ3n) is 4.37. The second kappa shape index (κ2) is 8.35. The minimum atomic E-state index is -4.45. The fourth-order valence-electron chi connectivity index (χ4n) is 3.00. The van der Waals surface area contributed by atoms with Gasteiger partial charge in [-0.1, -0.05) is 6.07 Å². The first kappa shape index (κ1) is 21.4. The van der Waals surface area contributed by atoms with Crippen LogP contribution >= 0.6 is 0 Å². The third kappa shape index (κ3) is 4.42. The lowest BCUT2D eigenvalue weighted by atomic mass is 10.3. The van der Waals surface area contributed by atoms with Gasteiger partial charge in [-0.2, -0.15) is 5.10 Å². The van der Waals surface area contributed by atoms with Crippen molar-refractivity contribution in [3.05, 3.63) is 83.7 Å². The monoisotopic (exact) mass is 457 g/mol. The minimum Gasteiger partial charge on any atom is -0.438 e. The second-order valence-corrected chi connectivity index (χ2v) is 8.47. The smallest absolute Gasteiger partial charge is 0.267 e. The van der Waals surface area contributed by atoms with Crippen molar-refractivity contribution < 1.29 is 21.9 Å². The summed E-state index contributed by atoms with van der Waals surface area (Å²) in [5.74, 6) is -1.25. The largest absolute Gasteiger partial charge is 0.438 e. The molecule has 0 aliphatic carbocycles. The van der Waals surface area contributed by atoms with Gasteiger partial charge in [0.1, 0.15) is 17.4 Å². The molecular formula is C21H17F2N5O3S. The molecule has 1 N–H and O–H groups in total. The third-order valence-corrected chi connectivity index (χ3v) is 5.80. The molecule has 0 aliphatic rings. The number of nitrogens with zero attached hydrogens (tertiary/aromatic N) is 4. The lowest BCUT2D eigenvalue weighted by Gasteiger charge is -2.10. The van der Waals surface area contributed by atoms with Crippen LogP contribution in [0.1, 0.15) is 11.4 Å². The highest BCUT2D eigenvalue weighted by Crippen LogP contribution is 2.25. The van der Waals surface area contributed by atoms with Gasteiger partial charge in [0.15, 0.2) is 10.7 Å². The molecule has 11 heteroatoms. The molecular weight excluding hydrogens is 440 g/mol. The van der Waals surface area contributed by atoms with Gasteiger partial charge in [-0.15, -0.1) is 10.2 Å². The number of ether oxygens (including phenoxy) is 1. The summed E-state index contributed by atoms with van der Waals surface area (Å²) >= 11 is 0. The summed E-state index contributed by atoms with van der Waals surface area (Å²) < 4.78 is 61.7. The van der Waals surface area contributed by atoms with E-state index >= 15 is 0 Å². The number of sulfonamides is 1. The lowest BCUT2D eigenvalue weighted by molar-refractivity contribution is 0.454. The second-order valence-electron chi connectivity index (χ2n) is 6.85. The van der Waals surface area contributed by atoms with Crippen LogP contribution in [0.3, 0.4) is 0 Å². The van der Waals surface area contributed by atoms with Crippen molar-refractivity contribution >= 4 is 15.7 Å². The first-order valence-electron chi connectivity index (χ1n) is 9.35. The number of benzene rings is 2. The normalized spacial score (nSPS) is 11.4. The summed E-state index contributed by atoms with van der Waals surface area (Å²) in [6.45, 7) is 3.79. The topological polar surface area (TPSA) is 99.0 Å². The van der Waals surface area contributed by atoms with Crippen LogP contribution in [0.5, 0.6) is 11.6 Å². The average molecular weight is 457 g/mol. The van der Waals surface area contributed by atoms with Gasteiger partial charge in [-0.05, 0) is 62.4 Å². The number of rotatable bonds is 6. The molecule has 4 aromatic rings. The number of hydrogen-bond acceptors (Lipinski definition) is 6. The Morgan fingerprint density at radius 2 is 1.62 bits per heavy atom. The highest BCUT2D eigenvalue weighted by molar-refractivity contribution is 7.92. The Labute approximate surface area is 182 Å². The van der Waals surface area contributed by atoms with Crippen LogP contribution in [-0.2, 0) is 10.0 Å². The fraction of sp³-hybridized carbons (Fsp3) is 0.0952. The van der Waals surface area contributed by atoms with E-state index in [1.807, 2.05) is 19.9 Å². The molecule has 2 aromatic carbocycles. The summed E-state index contributed by atoms with van der Waals surface area (Å²) in [5.41, 5.74) is 1.88. The van der Waals surface area contributed by atoms with Crippen LogP contribution in [0, 0.1) is 25.5 Å². The van der Waals surface area contributed by atoms with Gasteiger partial charge >= 0.3 is 0 Å². The van der Waals surface area contributed by atoms with Crippen molar-refractivity contribution in [1.82, 2.24) is 20.0 Å². The van der Waals surface area contributed by atoms with E-state index in [1.165, 1.54) is 24.3 Å². The van der Waals surface area contributed by atoms with Gasteiger partial charge < -0.3 is 4.74 Å². The number of hydrogen-bond donors (Lipinski definition) is 1. The van der Waals surface area contributed by atoms with Gasteiger partial charge in [-0.3, -0.25) is 4.72 Å². The molecule has 0 atom stereocenters. The van der Waals surface area contributed by atoms with Gasteiger partial charge in [0.05, 0.1) is 5.69 Å². The maximum absolute atomic E-state index is 13.8. The number of aryl methyl sites for hydroxylation is 2. The first-order chi connectivity index (χ1) is 15.2. The Balaban J connectivity index is 1.47. The van der Waals surface area contributed by atoms with E-state index in [2.05, 4.69) is 20.0 Å². The molecule has 0 bridgehead atoms. The van der Waals surface area contributed by atoms with Crippen molar-refractivity contribution in [2.24, 2.45) is 0 Å². The van der Waals surface area contributed by atoms with E-state index in [-0.39, 0.29) is 11.6 Å². The summed E-state index contributed by atoms with van der Waals surface area (Å²) in [5, 5.41) is 12.4. The number of aromatic nitrogens is 4. The maximum Gasteiger partial charge on any atom is 0.267 e. The summed E-state index contributed by atoms with van der Waals surface area (Å²) in [6, 6.07) is 13.8. The zero-order valence-electron chi connectivity index (χ0n) is 17.0. The summed E-state index contributed by atoms with van der Waals surface area (Å²) in [6.07, 6.45) is 0. The Bertz CT molecular complexity index is 1350. The van der Waals surface area contributed by atoms with E-state index < -0.39 is 26.6 Å². The molecule has 32 heavy (non-hydrogen) atoms. The van der Waals surface area contributed by atoms with Crippen LogP contribution < -0.4 is 9.46 Å². The molecule has 0 saturated heterocycles. The van der Waals surface area contributed by atoms with Crippen molar-refractivity contribution in [2.75, 3.05) is 4.72 Å². The van der Waals surface area contributed by atoms with E-state index in [9.17, 15) is 17.2 Å². The van der Waals surface area contributed by atoms with Gasteiger partial charge in [0, 0.05) is 17.4 Å². The zero-order chi connectivity index (χ0) is 22.9. The molecule has 8 nitrogen and oxygen atoms in total. The highest BCUT2D eigenvalue weighted by Gasteiger charge is 2.23. The molecule has 0 spiro atoms. The van der Waals surface area contributed by atoms with Gasteiger partial charge in [0.25, 0.3) is 10.0 Å². The van der Waals surface area contributed by atoms with Crippen molar-refractivity contribution in [1.29, 1.82) is 0 Å². The Kier molecular flexibility index (Phi) is 5.57. The van der Waals surface area contributed by atoms with Crippen LogP contribution in [0.15, 0.2) is 65.6 Å². The average Bonchev–Trinajstić information content (AvgIpc) is 3.07. The molecule has 0 saturated carbocycles. The fourth-order valence-corrected chi connectivity index (χ4v) is 4.20. The number of nitrogens with one attached hydrogen (secondary N) is 1. The Hall–Kier alpha value is -3.86. The molecule has 0 radical (unpaired) electrons. The Morgan fingerprint density at radius 1 is 0.938 bits per heavy atom. The Morgan fingerprint density at radius 3 is 2.19 bits per heavy atom. The molecule has 0 aliphatic heterocycles. The van der Waals surface area contributed by atoms with Gasteiger partial charge in [-0.25, -0.2) is 21.9 Å². The van der Waals surface area contributed by atoms with Crippen LogP contribution in [0.4, 0.5) is 14.5 Å². The minimum absolute atomic E-state index is 0.103. The standard InChI is InChI=1S/C21H17F2N5O3S/c1-13-12-14(2)28(26-13)19-10-11-20(25-24-19)31-16-8-6-15(7-9-16)27-32(29,30)21-17(22)4-3-5-18(21)23/h3-12,27H,1-2H3. The van der Waals surface area contributed by atoms with Crippen molar-refractivity contribution in [3.8, 4) is 17.4 Å². The van der Waals surface area contributed by atoms with Crippen LogP contribution in [0.2, 0.25) is 0 Å². The van der Waals surface area contributed by atoms with Crippen LogP contribution in [0.25, 0.3) is 5.82 Å². The molecule has 4 rings (SSSR count). The van der Waals surface area contributed by atoms with E-state index in [0.29, 0.717) is 11.6 Å². The quantitative estimate of drug-likeness (QED) is 0.467. The predicted molar refractivity (Wildman–Crippen MR) is 112 cm³/mol. The number of halogens is 2. The summed E-state index contributed by atoms with van der Waals surface area (Å²) in [4.78, 5) is -1.04. The SMILES string of the molecule is Cc1cc(C)n(-c2ccc(Oc3ccc(NS(=O)(=O)c4c(F)cccc4F)cc3)nn2)n1. The molecule has 0 amide bonds. The van der Waals surface area contributed by atoms with Gasteiger partial charge in [0.2, 0.25) is 5.88 Å². The maximum atomic E-state index is 13.8. The highest BCUT2D eigenvalue weighted by atomic mass is 32.2. The zero-order valence-corrected chi connectivity index (χ0v) is 17.8. The first-order valence-corrected chi connectivity index (χ1v) is 10.8. The van der Waals surface area contributed by atoms with E-state index in [0.717, 1.165) is 29.6 Å². The molecule has 164 valence electrons. The van der Waals surface area contributed by atoms with E-state index in [4.69, 9.17) is 4.74 Å². The van der Waals surface area contributed by atoms with E-state index in [1.54, 1.807) is 16.8 Å².